The Bertz CT molecular complexity index is 612. The summed E-state index contributed by atoms with van der Waals surface area (Å²) in [6.45, 7) is 3.60. The van der Waals surface area contributed by atoms with Crippen LogP contribution in [0.25, 0.3) is 0 Å². The first-order chi connectivity index (χ1) is 11.5. The number of rotatable bonds is 6. The molecule has 0 heterocycles. The van der Waals surface area contributed by atoms with Crippen molar-refractivity contribution in [1.29, 1.82) is 0 Å². The lowest BCUT2D eigenvalue weighted by Crippen LogP contribution is -2.36. The maximum absolute atomic E-state index is 12.6. The third-order valence-corrected chi connectivity index (χ3v) is 4.32. The van der Waals surface area contributed by atoms with Gasteiger partial charge in [-0.05, 0) is 44.7 Å². The van der Waals surface area contributed by atoms with Crippen LogP contribution in [0.2, 0.25) is 5.02 Å². The van der Waals surface area contributed by atoms with Crippen LogP contribution in [0.15, 0.2) is 36.4 Å². The van der Waals surface area contributed by atoms with Gasteiger partial charge in [0.2, 0.25) is 5.91 Å². The quantitative estimate of drug-likeness (QED) is 0.618. The summed E-state index contributed by atoms with van der Waals surface area (Å²) in [5, 5.41) is 3.52. The smallest absolute Gasteiger partial charge is 0.308 e. The molecule has 0 unspecified atom stereocenters. The van der Waals surface area contributed by atoms with Crippen LogP contribution in [-0.2, 0) is 14.3 Å². The normalized spacial score (nSPS) is 18.2. The molecule has 0 bridgehead atoms. The second-order valence-electron chi connectivity index (χ2n) is 6.31. The third kappa shape index (κ3) is 5.38. The Hall–Kier alpha value is -1.81. The lowest BCUT2D eigenvalue weighted by Gasteiger charge is -2.24. The second kappa shape index (κ2) is 8.88. The van der Waals surface area contributed by atoms with Crippen molar-refractivity contribution in [2.45, 2.75) is 51.7 Å². The van der Waals surface area contributed by atoms with Crippen molar-refractivity contribution in [3.05, 3.63) is 47.0 Å². The topological polar surface area (TPSA) is 55.4 Å². The predicted octanol–water partition coefficient (Wildman–Crippen LogP) is 4.20. The van der Waals surface area contributed by atoms with E-state index in [1.165, 1.54) is 0 Å². The van der Waals surface area contributed by atoms with Crippen molar-refractivity contribution in [3.63, 3.8) is 0 Å². The molecule has 24 heavy (non-hydrogen) atoms. The Morgan fingerprint density at radius 2 is 2.04 bits per heavy atom. The number of carbonyl (C=O) groups is 2. The van der Waals surface area contributed by atoms with Gasteiger partial charge in [-0.15, -0.1) is 0 Å². The van der Waals surface area contributed by atoms with Crippen molar-refractivity contribution < 1.29 is 14.3 Å². The summed E-state index contributed by atoms with van der Waals surface area (Å²) in [5.41, 5.74) is 0.736. The number of hydrogen-bond donors (Lipinski definition) is 1. The molecule has 0 spiro atoms. The number of ether oxygens (including phenoxy) is 1. The van der Waals surface area contributed by atoms with Gasteiger partial charge in [-0.3, -0.25) is 9.59 Å². The molecular formula is C19H24ClNO3. The van der Waals surface area contributed by atoms with Crippen molar-refractivity contribution in [3.8, 4) is 0 Å². The molecule has 1 aliphatic rings. The number of allylic oxidation sites excluding steroid dienone is 2. The first kappa shape index (κ1) is 18.5. The van der Waals surface area contributed by atoms with Crippen molar-refractivity contribution in [2.24, 2.45) is 5.92 Å². The maximum Gasteiger partial charge on any atom is 0.308 e. The van der Waals surface area contributed by atoms with Crippen LogP contribution in [0, 0.1) is 5.92 Å². The van der Waals surface area contributed by atoms with E-state index < -0.39 is 6.04 Å². The first-order valence-corrected chi connectivity index (χ1v) is 8.74. The molecule has 4 nitrogen and oxygen atoms in total. The molecule has 2 atom stereocenters. The zero-order chi connectivity index (χ0) is 17.5. The fourth-order valence-electron chi connectivity index (χ4n) is 2.80. The molecule has 1 aliphatic carbocycles. The van der Waals surface area contributed by atoms with E-state index in [1.807, 2.05) is 24.3 Å². The summed E-state index contributed by atoms with van der Waals surface area (Å²) < 4.78 is 5.22. The molecule has 1 aromatic rings. The van der Waals surface area contributed by atoms with Gasteiger partial charge >= 0.3 is 5.97 Å². The molecule has 1 N–H and O–H groups in total. The van der Waals surface area contributed by atoms with E-state index in [2.05, 4.69) is 11.4 Å². The second-order valence-corrected chi connectivity index (χ2v) is 6.71. The molecule has 0 saturated carbocycles. The lowest BCUT2D eigenvalue weighted by atomic mass is 9.92. The highest BCUT2D eigenvalue weighted by Crippen LogP contribution is 2.27. The number of nitrogens with one attached hydrogen (secondary N) is 1. The predicted molar refractivity (Wildman–Crippen MR) is 94.7 cm³/mol. The molecule has 1 amide bonds. The molecule has 5 heteroatoms. The van der Waals surface area contributed by atoms with E-state index in [-0.39, 0.29) is 30.3 Å². The van der Waals surface area contributed by atoms with Crippen molar-refractivity contribution in [1.82, 2.24) is 5.32 Å². The maximum atomic E-state index is 12.6. The highest BCUT2D eigenvalue weighted by atomic mass is 35.5. The summed E-state index contributed by atoms with van der Waals surface area (Å²) >= 11 is 6.26. The van der Waals surface area contributed by atoms with Crippen LogP contribution in [-0.4, -0.2) is 18.0 Å². The molecule has 130 valence electrons. The van der Waals surface area contributed by atoms with E-state index in [0.717, 1.165) is 24.8 Å². The SMILES string of the molecule is CC(C)OC(=O)C[C@@H](NC(=O)[C@@H]1CC=CCC1)c1ccccc1Cl. The fraction of sp³-hybridized carbons (Fsp3) is 0.474. The standard InChI is InChI=1S/C19H24ClNO3/c1-13(2)24-18(22)12-17(15-10-6-7-11-16(15)20)21-19(23)14-8-4-3-5-9-14/h3-4,6-7,10-11,13-14,17H,5,8-9,12H2,1-2H3,(H,21,23)/t14-,17-/m1/s1. The minimum absolute atomic E-state index is 0.0402. The van der Waals surface area contributed by atoms with E-state index >= 15 is 0 Å². The number of carbonyl (C=O) groups excluding carboxylic acids is 2. The Kier molecular flexibility index (Phi) is 6.85. The van der Waals surface area contributed by atoms with Crippen molar-refractivity contribution >= 4 is 23.5 Å². The molecule has 0 radical (unpaired) electrons. The van der Waals surface area contributed by atoms with Crippen LogP contribution < -0.4 is 5.32 Å². The highest BCUT2D eigenvalue weighted by molar-refractivity contribution is 6.31. The van der Waals surface area contributed by atoms with Gasteiger partial charge in [-0.2, -0.15) is 0 Å². The zero-order valence-corrected chi connectivity index (χ0v) is 14.9. The van der Waals surface area contributed by atoms with Gasteiger partial charge in [-0.1, -0.05) is 42.0 Å². The molecule has 0 aliphatic heterocycles. The van der Waals surface area contributed by atoms with Crippen LogP contribution in [0.1, 0.15) is 51.1 Å². The van der Waals surface area contributed by atoms with Gasteiger partial charge in [0.05, 0.1) is 18.6 Å². The number of benzene rings is 1. The van der Waals surface area contributed by atoms with E-state index in [9.17, 15) is 9.59 Å². The van der Waals surface area contributed by atoms with Crippen LogP contribution in [0.5, 0.6) is 0 Å². The van der Waals surface area contributed by atoms with E-state index in [0.29, 0.717) is 5.02 Å². The fourth-order valence-corrected chi connectivity index (χ4v) is 3.06. The van der Waals surface area contributed by atoms with Gasteiger partial charge in [0.1, 0.15) is 0 Å². The van der Waals surface area contributed by atoms with Gasteiger partial charge in [0, 0.05) is 10.9 Å². The average molecular weight is 350 g/mol. The lowest BCUT2D eigenvalue weighted by molar-refractivity contribution is -0.148. The number of hydrogen-bond acceptors (Lipinski definition) is 3. The first-order valence-electron chi connectivity index (χ1n) is 8.36. The largest absolute Gasteiger partial charge is 0.463 e. The molecule has 0 fully saturated rings. The van der Waals surface area contributed by atoms with Crippen LogP contribution in [0.3, 0.4) is 0 Å². The van der Waals surface area contributed by atoms with E-state index in [1.54, 1.807) is 19.9 Å². The molecular weight excluding hydrogens is 326 g/mol. The minimum Gasteiger partial charge on any atom is -0.463 e. The monoisotopic (exact) mass is 349 g/mol. The average Bonchev–Trinajstić information content (AvgIpc) is 2.54. The van der Waals surface area contributed by atoms with Gasteiger partial charge in [0.25, 0.3) is 0 Å². The molecule has 2 rings (SSSR count). The number of amides is 1. The van der Waals surface area contributed by atoms with E-state index in [4.69, 9.17) is 16.3 Å². The molecule has 0 saturated heterocycles. The Morgan fingerprint density at radius 1 is 1.29 bits per heavy atom. The minimum atomic E-state index is -0.483. The van der Waals surface area contributed by atoms with Gasteiger partial charge in [-0.25, -0.2) is 0 Å². The van der Waals surface area contributed by atoms with Gasteiger partial charge < -0.3 is 10.1 Å². The Labute approximate surface area is 148 Å². The number of esters is 1. The highest BCUT2D eigenvalue weighted by Gasteiger charge is 2.26. The molecule has 1 aromatic carbocycles. The summed E-state index contributed by atoms with van der Waals surface area (Å²) in [4.78, 5) is 24.6. The molecule has 0 aromatic heterocycles. The summed E-state index contributed by atoms with van der Waals surface area (Å²) in [5.74, 6) is -0.443. The summed E-state index contributed by atoms with van der Waals surface area (Å²) in [7, 11) is 0. The number of halogens is 1. The van der Waals surface area contributed by atoms with Gasteiger partial charge in [0.15, 0.2) is 0 Å². The Balaban J connectivity index is 2.13. The zero-order valence-electron chi connectivity index (χ0n) is 14.1. The van der Waals surface area contributed by atoms with Crippen LogP contribution >= 0.6 is 11.6 Å². The van der Waals surface area contributed by atoms with Crippen molar-refractivity contribution in [2.75, 3.05) is 0 Å². The summed E-state index contributed by atoms with van der Waals surface area (Å²) in [6, 6.07) is 6.77. The Morgan fingerprint density at radius 3 is 2.67 bits per heavy atom. The van der Waals surface area contributed by atoms with Crippen LogP contribution in [0.4, 0.5) is 0 Å². The third-order valence-electron chi connectivity index (χ3n) is 3.97. The summed E-state index contributed by atoms with van der Waals surface area (Å²) in [6.07, 6.45) is 6.47.